The SMILES string of the molecule is CCCCCCCC(=O)OCCOCCOCCOCCOCCOCC. The van der Waals surface area contributed by atoms with Crippen molar-refractivity contribution in [2.24, 2.45) is 0 Å². The lowest BCUT2D eigenvalue weighted by Crippen LogP contribution is -2.15. The molecular weight excluding hydrogens is 352 g/mol. The zero-order valence-electron chi connectivity index (χ0n) is 17.4. The van der Waals surface area contributed by atoms with Crippen LogP contribution in [-0.2, 0) is 33.2 Å². The van der Waals surface area contributed by atoms with Gasteiger partial charge in [0.25, 0.3) is 0 Å². The Balaban J connectivity index is 3.09. The highest BCUT2D eigenvalue weighted by molar-refractivity contribution is 5.69. The number of hydrogen-bond acceptors (Lipinski definition) is 7. The Morgan fingerprint density at radius 1 is 0.556 bits per heavy atom. The molecule has 0 heterocycles. The monoisotopic (exact) mass is 392 g/mol. The second-order valence-corrected chi connectivity index (χ2v) is 6.03. The summed E-state index contributed by atoms with van der Waals surface area (Å²) in [6.45, 7) is 9.93. The predicted molar refractivity (Wildman–Crippen MR) is 104 cm³/mol. The molecule has 162 valence electrons. The number of esters is 1. The molecule has 0 unspecified atom stereocenters. The van der Waals surface area contributed by atoms with E-state index in [4.69, 9.17) is 28.4 Å². The van der Waals surface area contributed by atoms with E-state index in [0.29, 0.717) is 79.1 Å². The molecule has 0 fully saturated rings. The van der Waals surface area contributed by atoms with Crippen molar-refractivity contribution < 1.29 is 33.2 Å². The van der Waals surface area contributed by atoms with Crippen LogP contribution in [0.2, 0.25) is 0 Å². The third-order valence-electron chi connectivity index (χ3n) is 3.67. The number of rotatable bonds is 22. The van der Waals surface area contributed by atoms with Crippen LogP contribution in [0.15, 0.2) is 0 Å². The molecule has 27 heavy (non-hydrogen) atoms. The Bertz CT molecular complexity index is 300. The van der Waals surface area contributed by atoms with Gasteiger partial charge in [0.05, 0.1) is 59.5 Å². The predicted octanol–water partition coefficient (Wildman–Crippen LogP) is 2.99. The molecule has 7 heteroatoms. The molecule has 0 atom stereocenters. The van der Waals surface area contributed by atoms with Gasteiger partial charge in [0.15, 0.2) is 0 Å². The van der Waals surface area contributed by atoms with E-state index >= 15 is 0 Å². The molecule has 0 amide bonds. The Morgan fingerprint density at radius 2 is 1.00 bits per heavy atom. The van der Waals surface area contributed by atoms with Crippen LogP contribution in [0.25, 0.3) is 0 Å². The largest absolute Gasteiger partial charge is 0.463 e. The topological polar surface area (TPSA) is 72.5 Å². The summed E-state index contributed by atoms with van der Waals surface area (Å²) in [7, 11) is 0. The van der Waals surface area contributed by atoms with Crippen molar-refractivity contribution in [2.75, 3.05) is 72.7 Å². The summed E-state index contributed by atoms with van der Waals surface area (Å²) >= 11 is 0. The zero-order chi connectivity index (χ0) is 19.8. The summed E-state index contributed by atoms with van der Waals surface area (Å²) in [5.41, 5.74) is 0. The molecule has 0 bridgehead atoms. The Kier molecular flexibility index (Phi) is 22.7. The van der Waals surface area contributed by atoms with Crippen molar-refractivity contribution in [1.82, 2.24) is 0 Å². The average Bonchev–Trinajstić information content (AvgIpc) is 2.67. The van der Waals surface area contributed by atoms with Crippen molar-refractivity contribution in [2.45, 2.75) is 52.4 Å². The van der Waals surface area contributed by atoms with Gasteiger partial charge in [0.1, 0.15) is 6.61 Å². The van der Waals surface area contributed by atoms with Crippen molar-refractivity contribution in [3.05, 3.63) is 0 Å². The number of ether oxygens (including phenoxy) is 6. The van der Waals surface area contributed by atoms with Crippen LogP contribution in [0.3, 0.4) is 0 Å². The summed E-state index contributed by atoms with van der Waals surface area (Å²) in [5.74, 6) is -0.134. The summed E-state index contributed by atoms with van der Waals surface area (Å²) in [6, 6.07) is 0. The Morgan fingerprint density at radius 3 is 1.48 bits per heavy atom. The van der Waals surface area contributed by atoms with E-state index < -0.39 is 0 Å². The number of unbranched alkanes of at least 4 members (excludes halogenated alkanes) is 4. The van der Waals surface area contributed by atoms with Crippen LogP contribution in [-0.4, -0.2) is 78.6 Å². The molecule has 0 saturated heterocycles. The smallest absolute Gasteiger partial charge is 0.305 e. The highest BCUT2D eigenvalue weighted by atomic mass is 16.6. The lowest BCUT2D eigenvalue weighted by atomic mass is 10.1. The summed E-state index contributed by atoms with van der Waals surface area (Å²) < 4.78 is 31.7. The summed E-state index contributed by atoms with van der Waals surface area (Å²) in [5, 5.41) is 0. The maximum absolute atomic E-state index is 11.5. The molecule has 0 aromatic rings. The van der Waals surface area contributed by atoms with Gasteiger partial charge in [-0.15, -0.1) is 0 Å². The van der Waals surface area contributed by atoms with Crippen LogP contribution in [0.1, 0.15) is 52.4 Å². The molecular formula is C20H40O7. The minimum Gasteiger partial charge on any atom is -0.463 e. The van der Waals surface area contributed by atoms with Crippen molar-refractivity contribution >= 4 is 5.97 Å². The molecule has 0 aromatic heterocycles. The molecule has 0 aromatic carbocycles. The zero-order valence-corrected chi connectivity index (χ0v) is 17.4. The third kappa shape index (κ3) is 23.2. The normalized spacial score (nSPS) is 11.0. The van der Waals surface area contributed by atoms with E-state index in [1.54, 1.807) is 0 Å². The molecule has 7 nitrogen and oxygen atoms in total. The molecule has 0 aliphatic heterocycles. The molecule has 0 saturated carbocycles. The van der Waals surface area contributed by atoms with Gasteiger partial charge >= 0.3 is 5.97 Å². The van der Waals surface area contributed by atoms with Gasteiger partial charge in [0.2, 0.25) is 0 Å². The average molecular weight is 393 g/mol. The maximum Gasteiger partial charge on any atom is 0.305 e. The first-order chi connectivity index (χ1) is 13.3. The highest BCUT2D eigenvalue weighted by Crippen LogP contribution is 2.05. The fraction of sp³-hybridized carbons (Fsp3) is 0.950. The van der Waals surface area contributed by atoms with E-state index in [-0.39, 0.29) is 5.97 Å². The minimum atomic E-state index is -0.134. The van der Waals surface area contributed by atoms with Crippen molar-refractivity contribution in [1.29, 1.82) is 0 Å². The molecule has 0 radical (unpaired) electrons. The molecule has 0 aliphatic carbocycles. The van der Waals surface area contributed by atoms with Crippen LogP contribution in [0.4, 0.5) is 0 Å². The standard InChI is InChI=1S/C20H40O7/c1-3-5-6-7-8-9-20(21)27-19-18-26-17-16-25-15-14-24-13-12-23-11-10-22-4-2/h3-19H2,1-2H3. The Labute approximate surface area is 165 Å². The summed E-state index contributed by atoms with van der Waals surface area (Å²) in [4.78, 5) is 11.5. The van der Waals surface area contributed by atoms with Gasteiger partial charge in [-0.2, -0.15) is 0 Å². The molecule has 0 aliphatic rings. The van der Waals surface area contributed by atoms with Crippen molar-refractivity contribution in [3.63, 3.8) is 0 Å². The number of carbonyl (C=O) groups is 1. The second kappa shape index (κ2) is 23.3. The second-order valence-electron chi connectivity index (χ2n) is 6.03. The van der Waals surface area contributed by atoms with Gasteiger partial charge in [0, 0.05) is 13.0 Å². The van der Waals surface area contributed by atoms with Gasteiger partial charge in [-0.1, -0.05) is 32.6 Å². The molecule has 0 spiro atoms. The summed E-state index contributed by atoms with van der Waals surface area (Å²) in [6.07, 6.45) is 6.16. The first-order valence-electron chi connectivity index (χ1n) is 10.4. The first kappa shape index (κ1) is 26.3. The van der Waals surface area contributed by atoms with E-state index in [1.807, 2.05) is 6.92 Å². The fourth-order valence-electron chi connectivity index (χ4n) is 2.18. The van der Waals surface area contributed by atoms with Crippen LogP contribution in [0, 0.1) is 0 Å². The molecule has 0 rings (SSSR count). The minimum absolute atomic E-state index is 0.134. The number of carbonyl (C=O) groups excluding carboxylic acids is 1. The highest BCUT2D eigenvalue weighted by Gasteiger charge is 2.02. The van der Waals surface area contributed by atoms with Crippen LogP contribution < -0.4 is 0 Å². The van der Waals surface area contributed by atoms with E-state index in [0.717, 1.165) is 12.8 Å². The van der Waals surface area contributed by atoms with E-state index in [2.05, 4.69) is 6.92 Å². The quantitative estimate of drug-likeness (QED) is 0.207. The van der Waals surface area contributed by atoms with Gasteiger partial charge in [-0.25, -0.2) is 0 Å². The maximum atomic E-state index is 11.5. The van der Waals surface area contributed by atoms with Gasteiger partial charge in [-0.05, 0) is 13.3 Å². The Hall–Kier alpha value is -0.730. The fourth-order valence-corrected chi connectivity index (χ4v) is 2.18. The lowest BCUT2D eigenvalue weighted by molar-refractivity contribution is -0.145. The van der Waals surface area contributed by atoms with Crippen molar-refractivity contribution in [3.8, 4) is 0 Å². The van der Waals surface area contributed by atoms with E-state index in [9.17, 15) is 4.79 Å². The first-order valence-corrected chi connectivity index (χ1v) is 10.4. The molecule has 0 N–H and O–H groups in total. The van der Waals surface area contributed by atoms with Crippen LogP contribution >= 0.6 is 0 Å². The lowest BCUT2D eigenvalue weighted by Gasteiger charge is -2.08. The van der Waals surface area contributed by atoms with Gasteiger partial charge in [-0.3, -0.25) is 4.79 Å². The van der Waals surface area contributed by atoms with E-state index in [1.165, 1.54) is 19.3 Å². The number of hydrogen-bond donors (Lipinski definition) is 0. The van der Waals surface area contributed by atoms with Crippen LogP contribution in [0.5, 0.6) is 0 Å². The third-order valence-corrected chi connectivity index (χ3v) is 3.67. The van der Waals surface area contributed by atoms with Gasteiger partial charge < -0.3 is 28.4 Å².